The third-order valence-electron chi connectivity index (χ3n) is 3.05. The van der Waals surface area contributed by atoms with Gasteiger partial charge in [-0.1, -0.05) is 53.6 Å². The Morgan fingerprint density at radius 2 is 1.58 bits per heavy atom. The van der Waals surface area contributed by atoms with Gasteiger partial charge in [-0.05, 0) is 38.5 Å². The molecule has 0 fully saturated rings. The van der Waals surface area contributed by atoms with E-state index in [1.807, 2.05) is 36.4 Å². The fourth-order valence-corrected chi connectivity index (χ4v) is 2.20. The van der Waals surface area contributed by atoms with Gasteiger partial charge in [0, 0.05) is 22.0 Å². The SMILES string of the molecule is CC(C)=C(Nc1ccccc1C)c1ccccc1Cl. The van der Waals surface area contributed by atoms with Gasteiger partial charge in [-0.2, -0.15) is 0 Å². The molecule has 98 valence electrons. The first-order valence-electron chi connectivity index (χ1n) is 6.34. The van der Waals surface area contributed by atoms with Crippen LogP contribution in [-0.4, -0.2) is 0 Å². The Balaban J connectivity index is 2.43. The van der Waals surface area contributed by atoms with Crippen molar-refractivity contribution in [3.8, 4) is 0 Å². The van der Waals surface area contributed by atoms with E-state index in [0.717, 1.165) is 22.0 Å². The lowest BCUT2D eigenvalue weighted by Crippen LogP contribution is -2.02. The molecule has 0 aromatic heterocycles. The predicted octanol–water partition coefficient (Wildman–Crippen LogP) is 5.51. The molecule has 0 aliphatic heterocycles. The highest BCUT2D eigenvalue weighted by atomic mass is 35.5. The van der Waals surface area contributed by atoms with Gasteiger partial charge in [0.1, 0.15) is 0 Å². The van der Waals surface area contributed by atoms with Crippen molar-refractivity contribution >= 4 is 23.0 Å². The lowest BCUT2D eigenvalue weighted by Gasteiger charge is -2.16. The highest BCUT2D eigenvalue weighted by Gasteiger charge is 2.09. The molecule has 2 heteroatoms. The van der Waals surface area contributed by atoms with E-state index in [1.165, 1.54) is 11.1 Å². The minimum Gasteiger partial charge on any atom is -0.355 e. The summed E-state index contributed by atoms with van der Waals surface area (Å²) in [6, 6.07) is 16.1. The third kappa shape index (κ3) is 3.18. The maximum atomic E-state index is 6.29. The van der Waals surface area contributed by atoms with Crippen molar-refractivity contribution in [1.29, 1.82) is 0 Å². The van der Waals surface area contributed by atoms with Crippen LogP contribution in [-0.2, 0) is 0 Å². The largest absolute Gasteiger partial charge is 0.355 e. The summed E-state index contributed by atoms with van der Waals surface area (Å²) < 4.78 is 0. The van der Waals surface area contributed by atoms with Crippen molar-refractivity contribution in [3.63, 3.8) is 0 Å². The number of rotatable bonds is 3. The second-order valence-electron chi connectivity index (χ2n) is 4.79. The molecule has 0 saturated heterocycles. The quantitative estimate of drug-likeness (QED) is 0.776. The zero-order chi connectivity index (χ0) is 13.8. The van der Waals surface area contributed by atoms with Crippen LogP contribution in [0.2, 0.25) is 5.02 Å². The van der Waals surface area contributed by atoms with Crippen LogP contribution in [0.15, 0.2) is 54.1 Å². The average Bonchev–Trinajstić information content (AvgIpc) is 2.38. The molecule has 2 aromatic rings. The van der Waals surface area contributed by atoms with E-state index in [1.54, 1.807) is 0 Å². The molecule has 19 heavy (non-hydrogen) atoms. The molecule has 0 spiro atoms. The molecular formula is C17H18ClN. The summed E-state index contributed by atoms with van der Waals surface area (Å²) in [4.78, 5) is 0. The predicted molar refractivity (Wildman–Crippen MR) is 84.5 cm³/mol. The molecule has 0 saturated carbocycles. The monoisotopic (exact) mass is 271 g/mol. The Hall–Kier alpha value is -1.73. The summed E-state index contributed by atoms with van der Waals surface area (Å²) in [6.07, 6.45) is 0. The maximum Gasteiger partial charge on any atom is 0.0499 e. The first-order chi connectivity index (χ1) is 9.09. The molecule has 0 aliphatic rings. The van der Waals surface area contributed by atoms with Gasteiger partial charge in [-0.15, -0.1) is 0 Å². The maximum absolute atomic E-state index is 6.29. The van der Waals surface area contributed by atoms with Crippen molar-refractivity contribution in [2.75, 3.05) is 5.32 Å². The number of benzene rings is 2. The molecule has 2 aromatic carbocycles. The molecule has 1 nitrogen and oxygen atoms in total. The number of hydrogen-bond donors (Lipinski definition) is 1. The fourth-order valence-electron chi connectivity index (χ4n) is 1.97. The summed E-state index contributed by atoms with van der Waals surface area (Å²) in [5.74, 6) is 0. The van der Waals surface area contributed by atoms with Gasteiger partial charge in [0.25, 0.3) is 0 Å². The molecule has 0 bridgehead atoms. The number of allylic oxidation sites excluding steroid dienone is 1. The molecule has 2 rings (SSSR count). The Kier molecular flexibility index (Phi) is 4.28. The van der Waals surface area contributed by atoms with E-state index in [4.69, 9.17) is 11.6 Å². The standard InChI is InChI=1S/C17H18ClN/c1-12(2)17(14-9-5-6-10-15(14)18)19-16-11-7-4-8-13(16)3/h4-11,19H,1-3H3. The minimum absolute atomic E-state index is 0.764. The minimum atomic E-state index is 0.764. The van der Waals surface area contributed by atoms with E-state index >= 15 is 0 Å². The summed E-state index contributed by atoms with van der Waals surface area (Å²) in [6.45, 7) is 6.27. The van der Waals surface area contributed by atoms with Crippen LogP contribution in [0.3, 0.4) is 0 Å². The van der Waals surface area contributed by atoms with Gasteiger partial charge in [0.15, 0.2) is 0 Å². The lowest BCUT2D eigenvalue weighted by molar-refractivity contribution is 1.35. The summed E-state index contributed by atoms with van der Waals surface area (Å²) in [7, 11) is 0. The van der Waals surface area contributed by atoms with E-state index in [0.29, 0.717) is 0 Å². The number of aryl methyl sites for hydroxylation is 1. The van der Waals surface area contributed by atoms with Gasteiger partial charge in [-0.25, -0.2) is 0 Å². The Labute approximate surface area is 119 Å². The Bertz CT molecular complexity index is 610. The van der Waals surface area contributed by atoms with Crippen molar-refractivity contribution in [1.82, 2.24) is 0 Å². The van der Waals surface area contributed by atoms with Crippen molar-refractivity contribution < 1.29 is 0 Å². The molecule has 0 amide bonds. The van der Waals surface area contributed by atoms with E-state index < -0.39 is 0 Å². The van der Waals surface area contributed by atoms with Crippen LogP contribution in [0.25, 0.3) is 5.70 Å². The molecule has 0 atom stereocenters. The number of halogens is 1. The number of anilines is 1. The van der Waals surface area contributed by atoms with Crippen LogP contribution in [0, 0.1) is 6.92 Å². The summed E-state index contributed by atoms with van der Waals surface area (Å²) in [5, 5.41) is 4.26. The fraction of sp³-hybridized carbons (Fsp3) is 0.176. The molecule has 1 N–H and O–H groups in total. The zero-order valence-corrected chi connectivity index (χ0v) is 12.3. The van der Waals surface area contributed by atoms with E-state index in [2.05, 4.69) is 38.2 Å². The van der Waals surface area contributed by atoms with Crippen molar-refractivity contribution in [3.05, 3.63) is 70.3 Å². The first kappa shape index (κ1) is 13.7. The first-order valence-corrected chi connectivity index (χ1v) is 6.72. The van der Waals surface area contributed by atoms with Crippen molar-refractivity contribution in [2.45, 2.75) is 20.8 Å². The molecule has 0 heterocycles. The molecule has 0 unspecified atom stereocenters. The van der Waals surface area contributed by atoms with Gasteiger partial charge < -0.3 is 5.32 Å². The zero-order valence-electron chi connectivity index (χ0n) is 11.5. The van der Waals surface area contributed by atoms with E-state index in [9.17, 15) is 0 Å². The number of nitrogens with one attached hydrogen (secondary N) is 1. The van der Waals surface area contributed by atoms with Crippen LogP contribution < -0.4 is 5.32 Å². The number of hydrogen-bond acceptors (Lipinski definition) is 1. The average molecular weight is 272 g/mol. The third-order valence-corrected chi connectivity index (χ3v) is 3.38. The molecule has 0 radical (unpaired) electrons. The second kappa shape index (κ2) is 5.94. The van der Waals surface area contributed by atoms with Crippen molar-refractivity contribution in [2.24, 2.45) is 0 Å². The molecular weight excluding hydrogens is 254 g/mol. The summed E-state index contributed by atoms with van der Waals surface area (Å²) >= 11 is 6.29. The highest BCUT2D eigenvalue weighted by molar-refractivity contribution is 6.32. The highest BCUT2D eigenvalue weighted by Crippen LogP contribution is 2.28. The van der Waals surface area contributed by atoms with Gasteiger partial charge in [0.2, 0.25) is 0 Å². The summed E-state index contributed by atoms with van der Waals surface area (Å²) in [5.41, 5.74) is 5.63. The molecule has 0 aliphatic carbocycles. The lowest BCUT2D eigenvalue weighted by atomic mass is 10.1. The Morgan fingerprint density at radius 3 is 2.21 bits per heavy atom. The van der Waals surface area contributed by atoms with Crippen LogP contribution in [0.4, 0.5) is 5.69 Å². The second-order valence-corrected chi connectivity index (χ2v) is 5.20. The van der Waals surface area contributed by atoms with Crippen LogP contribution >= 0.6 is 11.6 Å². The van der Waals surface area contributed by atoms with Crippen LogP contribution in [0.1, 0.15) is 25.0 Å². The normalized spacial score (nSPS) is 10.1. The number of para-hydroxylation sites is 1. The van der Waals surface area contributed by atoms with Gasteiger partial charge in [-0.3, -0.25) is 0 Å². The smallest absolute Gasteiger partial charge is 0.0499 e. The van der Waals surface area contributed by atoms with Gasteiger partial charge in [0.05, 0.1) is 0 Å². The van der Waals surface area contributed by atoms with Crippen LogP contribution in [0.5, 0.6) is 0 Å². The van der Waals surface area contributed by atoms with Gasteiger partial charge >= 0.3 is 0 Å². The van der Waals surface area contributed by atoms with E-state index in [-0.39, 0.29) is 0 Å². The topological polar surface area (TPSA) is 12.0 Å². The Morgan fingerprint density at radius 1 is 0.947 bits per heavy atom.